The fourth-order valence-corrected chi connectivity index (χ4v) is 4.80. The van der Waals surface area contributed by atoms with E-state index in [1.165, 1.54) is 12.1 Å². The molecule has 2 aromatic carbocycles. The number of hydrogen-bond donors (Lipinski definition) is 1. The first-order valence-corrected chi connectivity index (χ1v) is 12.2. The molecule has 0 atom stereocenters. The molecule has 0 saturated carbocycles. The summed E-state index contributed by atoms with van der Waals surface area (Å²) in [6.45, 7) is 7.33. The van der Waals surface area contributed by atoms with Crippen molar-refractivity contribution in [3.63, 3.8) is 0 Å². The zero-order chi connectivity index (χ0) is 26.2. The zero-order valence-electron chi connectivity index (χ0n) is 20.8. The smallest absolute Gasteiger partial charge is 0.494 e. The number of benzene rings is 2. The highest BCUT2D eigenvalue weighted by molar-refractivity contribution is 5.94. The van der Waals surface area contributed by atoms with Gasteiger partial charge in [-0.05, 0) is 54.9 Å². The van der Waals surface area contributed by atoms with Crippen LogP contribution in [-0.4, -0.2) is 64.0 Å². The van der Waals surface area contributed by atoms with Gasteiger partial charge in [0.1, 0.15) is 5.75 Å². The van der Waals surface area contributed by atoms with Crippen LogP contribution in [0.5, 0.6) is 11.6 Å². The second-order valence-corrected chi connectivity index (χ2v) is 9.65. The number of alkyl halides is 3. The molecule has 0 aliphatic carbocycles. The molecule has 0 amide bonds. The lowest BCUT2D eigenvalue weighted by molar-refractivity contribution is -0.274. The molecule has 1 N–H and O–H groups in total. The first kappa shape index (κ1) is 25.1. The van der Waals surface area contributed by atoms with Gasteiger partial charge in [0.15, 0.2) is 5.88 Å². The van der Waals surface area contributed by atoms with Crippen molar-refractivity contribution in [2.24, 2.45) is 0 Å². The number of aromatic nitrogens is 2. The molecule has 0 radical (unpaired) electrons. The number of pyridine rings is 1. The van der Waals surface area contributed by atoms with E-state index in [0.29, 0.717) is 6.54 Å². The molecule has 1 fully saturated rings. The van der Waals surface area contributed by atoms with Gasteiger partial charge in [0, 0.05) is 61.5 Å². The second kappa shape index (κ2) is 10.1. The van der Waals surface area contributed by atoms with Crippen LogP contribution in [-0.2, 0) is 13.1 Å². The third-order valence-electron chi connectivity index (χ3n) is 6.81. The third kappa shape index (κ3) is 5.89. The van der Waals surface area contributed by atoms with Crippen LogP contribution in [0.3, 0.4) is 0 Å². The number of aromatic hydroxyl groups is 1. The molecule has 1 aliphatic heterocycles. The van der Waals surface area contributed by atoms with Gasteiger partial charge < -0.3 is 19.3 Å². The van der Waals surface area contributed by atoms with Crippen molar-refractivity contribution < 1.29 is 23.0 Å². The Balaban J connectivity index is 1.33. The van der Waals surface area contributed by atoms with Gasteiger partial charge in [0.2, 0.25) is 0 Å². The van der Waals surface area contributed by atoms with Gasteiger partial charge in [-0.1, -0.05) is 24.3 Å². The number of rotatable bonds is 6. The number of fused-ring (bicyclic) bond motifs is 1. The number of hydrogen-bond acceptors (Lipinski definition) is 5. The number of nitrogens with zero attached hydrogens (tertiary/aromatic N) is 4. The Kier molecular flexibility index (Phi) is 6.83. The van der Waals surface area contributed by atoms with E-state index in [9.17, 15) is 18.3 Å². The molecular weight excluding hydrogens is 481 g/mol. The molecule has 0 unspecified atom stereocenters. The molecule has 1 aliphatic rings. The second-order valence-electron chi connectivity index (χ2n) is 9.65. The van der Waals surface area contributed by atoms with Crippen LogP contribution in [0.25, 0.3) is 21.9 Å². The number of likely N-dealkylation sites (N-methyl/N-ethyl adjacent to an activating group) is 1. The van der Waals surface area contributed by atoms with E-state index >= 15 is 0 Å². The average molecular weight is 511 g/mol. The Labute approximate surface area is 213 Å². The van der Waals surface area contributed by atoms with Crippen LogP contribution in [0.1, 0.15) is 16.8 Å². The molecule has 0 spiro atoms. The van der Waals surface area contributed by atoms with Crippen molar-refractivity contribution >= 4 is 10.8 Å². The van der Waals surface area contributed by atoms with E-state index in [2.05, 4.69) is 33.7 Å². The van der Waals surface area contributed by atoms with Gasteiger partial charge in [0.25, 0.3) is 0 Å². The fraction of sp³-hybridized carbons (Fsp3) is 0.321. The maximum Gasteiger partial charge on any atom is 0.573 e. The molecule has 3 heterocycles. The molecule has 1 saturated heterocycles. The minimum absolute atomic E-state index is 0.121. The predicted octanol–water partition coefficient (Wildman–Crippen LogP) is 5.41. The van der Waals surface area contributed by atoms with Crippen molar-refractivity contribution in [3.8, 4) is 22.8 Å². The van der Waals surface area contributed by atoms with Crippen molar-refractivity contribution in [1.29, 1.82) is 0 Å². The first-order valence-electron chi connectivity index (χ1n) is 12.2. The first-order chi connectivity index (χ1) is 17.6. The van der Waals surface area contributed by atoms with E-state index in [1.807, 2.05) is 31.5 Å². The molecule has 4 aromatic rings. The molecule has 5 rings (SSSR count). The fourth-order valence-electron chi connectivity index (χ4n) is 4.80. The van der Waals surface area contributed by atoms with Crippen LogP contribution in [0.2, 0.25) is 0 Å². The normalized spacial score (nSPS) is 15.4. The molecule has 37 heavy (non-hydrogen) atoms. The van der Waals surface area contributed by atoms with E-state index in [-0.39, 0.29) is 11.6 Å². The highest BCUT2D eigenvalue weighted by Gasteiger charge is 2.31. The minimum atomic E-state index is -4.73. The largest absolute Gasteiger partial charge is 0.573 e. The minimum Gasteiger partial charge on any atom is -0.494 e. The summed E-state index contributed by atoms with van der Waals surface area (Å²) in [6.07, 6.45) is -0.975. The van der Waals surface area contributed by atoms with E-state index < -0.39 is 6.36 Å². The summed E-state index contributed by atoms with van der Waals surface area (Å²) in [6, 6.07) is 13.9. The van der Waals surface area contributed by atoms with Crippen LogP contribution in [0.15, 0.2) is 60.9 Å². The lowest BCUT2D eigenvalue weighted by Crippen LogP contribution is -2.43. The Morgan fingerprint density at radius 2 is 1.68 bits per heavy atom. The number of ether oxygens (including phenoxy) is 1. The average Bonchev–Trinajstić information content (AvgIpc) is 3.16. The number of halogens is 3. The van der Waals surface area contributed by atoms with Crippen LogP contribution in [0, 0.1) is 6.92 Å². The lowest BCUT2D eigenvalue weighted by Gasteiger charge is -2.32. The van der Waals surface area contributed by atoms with Gasteiger partial charge in [-0.2, -0.15) is 0 Å². The predicted molar refractivity (Wildman–Crippen MR) is 137 cm³/mol. The third-order valence-corrected chi connectivity index (χ3v) is 6.81. The highest BCUT2D eigenvalue weighted by atomic mass is 19.4. The summed E-state index contributed by atoms with van der Waals surface area (Å²) in [4.78, 5) is 9.45. The van der Waals surface area contributed by atoms with Gasteiger partial charge in [-0.25, -0.2) is 0 Å². The van der Waals surface area contributed by atoms with Gasteiger partial charge in [0.05, 0.1) is 12.2 Å². The maximum absolute atomic E-state index is 12.4. The van der Waals surface area contributed by atoms with Crippen molar-refractivity contribution in [3.05, 3.63) is 77.7 Å². The highest BCUT2D eigenvalue weighted by Crippen LogP contribution is 2.35. The Morgan fingerprint density at radius 3 is 2.32 bits per heavy atom. The summed E-state index contributed by atoms with van der Waals surface area (Å²) in [7, 11) is 2.14. The van der Waals surface area contributed by atoms with Crippen LogP contribution >= 0.6 is 0 Å². The van der Waals surface area contributed by atoms with Gasteiger partial charge in [-0.3, -0.25) is 9.88 Å². The summed E-state index contributed by atoms with van der Waals surface area (Å²) >= 11 is 0. The van der Waals surface area contributed by atoms with Crippen molar-refractivity contribution in [1.82, 2.24) is 19.4 Å². The standard InChI is InChI=1S/C28H29F3N4O2/c1-19-13-22(21-5-6-24(32-15-21)18-34-11-9-33(2)10-12-34)14-23-17-35(27(36)26(19)23)16-20-3-7-25(8-4-20)37-28(29,30)31/h3-8,13-15,17,36H,9-12,16,18H2,1-2H3. The summed E-state index contributed by atoms with van der Waals surface area (Å²) in [5.74, 6) is -0.155. The zero-order valence-corrected chi connectivity index (χ0v) is 20.8. The maximum atomic E-state index is 12.4. The van der Waals surface area contributed by atoms with E-state index in [0.717, 1.165) is 71.4 Å². The Bertz CT molecular complexity index is 1370. The molecule has 0 bridgehead atoms. The Morgan fingerprint density at radius 1 is 0.946 bits per heavy atom. The van der Waals surface area contributed by atoms with Crippen LogP contribution in [0.4, 0.5) is 13.2 Å². The molecular formula is C28H29F3N4O2. The van der Waals surface area contributed by atoms with Crippen molar-refractivity contribution in [2.45, 2.75) is 26.4 Å². The summed E-state index contributed by atoms with van der Waals surface area (Å²) in [5.41, 5.74) is 4.72. The summed E-state index contributed by atoms with van der Waals surface area (Å²) < 4.78 is 42.9. The van der Waals surface area contributed by atoms with E-state index in [4.69, 9.17) is 4.98 Å². The number of piperazine rings is 1. The molecule has 6 nitrogen and oxygen atoms in total. The van der Waals surface area contributed by atoms with Crippen molar-refractivity contribution in [2.75, 3.05) is 33.2 Å². The van der Waals surface area contributed by atoms with Crippen LogP contribution < -0.4 is 4.74 Å². The Hall–Kier alpha value is -3.56. The molecule has 9 heteroatoms. The molecule has 2 aromatic heterocycles. The summed E-state index contributed by atoms with van der Waals surface area (Å²) in [5, 5.41) is 12.5. The monoisotopic (exact) mass is 510 g/mol. The SMILES string of the molecule is Cc1cc(-c2ccc(CN3CCN(C)CC3)nc2)cc2cn(Cc3ccc(OC(F)(F)F)cc3)c(O)c12. The topological polar surface area (TPSA) is 53.8 Å². The van der Waals surface area contributed by atoms with Gasteiger partial charge >= 0.3 is 6.36 Å². The lowest BCUT2D eigenvalue weighted by atomic mass is 10.0. The number of aryl methyl sites for hydroxylation is 1. The quantitative estimate of drug-likeness (QED) is 0.376. The van der Waals surface area contributed by atoms with Gasteiger partial charge in [-0.15, -0.1) is 13.2 Å². The van der Waals surface area contributed by atoms with E-state index in [1.54, 1.807) is 16.7 Å². The molecule has 194 valence electrons.